The van der Waals surface area contributed by atoms with Crippen LogP contribution in [0.4, 0.5) is 4.39 Å². The van der Waals surface area contributed by atoms with E-state index in [4.69, 9.17) is 4.74 Å². The Morgan fingerprint density at radius 2 is 1.75 bits per heavy atom. The third-order valence-electron chi connectivity index (χ3n) is 9.28. The fourth-order valence-electron chi connectivity index (χ4n) is 6.23. The highest BCUT2D eigenvalue weighted by Crippen LogP contribution is 2.25. The molecule has 5 rings (SSSR count). The smallest absolute Gasteiger partial charge is 0.255 e. The van der Waals surface area contributed by atoms with Crippen LogP contribution in [0.5, 0.6) is 5.75 Å². The Morgan fingerprint density at radius 3 is 2.48 bits per heavy atom. The van der Waals surface area contributed by atoms with Crippen molar-refractivity contribution in [2.75, 3.05) is 19.7 Å². The molecular weight excluding hydrogens is 615 g/mol. The fraction of sp³-hybridized carbons (Fsp3) is 0.472. The van der Waals surface area contributed by atoms with E-state index in [9.17, 15) is 23.6 Å². The summed E-state index contributed by atoms with van der Waals surface area (Å²) in [6.07, 6.45) is 6.24. The van der Waals surface area contributed by atoms with Gasteiger partial charge in [0.1, 0.15) is 30.3 Å². The number of hydrogen-bond acceptors (Lipinski definition) is 6. The van der Waals surface area contributed by atoms with Gasteiger partial charge in [-0.2, -0.15) is 0 Å². The van der Waals surface area contributed by atoms with Crippen molar-refractivity contribution in [2.45, 2.75) is 76.9 Å². The van der Waals surface area contributed by atoms with Crippen LogP contribution in [0.2, 0.25) is 0 Å². The molecule has 0 aliphatic carbocycles. The quantitative estimate of drug-likeness (QED) is 0.305. The van der Waals surface area contributed by atoms with Gasteiger partial charge in [-0.25, -0.2) is 9.37 Å². The molecule has 0 bridgehead atoms. The van der Waals surface area contributed by atoms with Crippen molar-refractivity contribution in [3.8, 4) is 5.75 Å². The summed E-state index contributed by atoms with van der Waals surface area (Å²) in [5.41, 5.74) is 1.63. The minimum atomic E-state index is -0.973. The molecule has 3 aromatic rings. The number of benzene rings is 2. The number of carbonyl (C=O) groups excluding carboxylic acids is 4. The van der Waals surface area contributed by atoms with Gasteiger partial charge in [0.2, 0.25) is 17.7 Å². The number of aromatic amines is 1. The van der Waals surface area contributed by atoms with Crippen LogP contribution >= 0.6 is 0 Å². The molecule has 0 saturated carbocycles. The van der Waals surface area contributed by atoms with Gasteiger partial charge >= 0.3 is 0 Å². The number of amides is 4. The second kappa shape index (κ2) is 16.4. The molecule has 1 fully saturated rings. The van der Waals surface area contributed by atoms with Crippen molar-refractivity contribution < 1.29 is 28.3 Å². The van der Waals surface area contributed by atoms with E-state index in [0.717, 1.165) is 19.3 Å². The van der Waals surface area contributed by atoms with Gasteiger partial charge in [-0.15, -0.1) is 0 Å². The van der Waals surface area contributed by atoms with Gasteiger partial charge in [0.15, 0.2) is 0 Å². The number of fused-ring (bicyclic) bond motifs is 1. The number of para-hydroxylation sites is 1. The van der Waals surface area contributed by atoms with Gasteiger partial charge < -0.3 is 30.6 Å². The van der Waals surface area contributed by atoms with Crippen LogP contribution in [0.3, 0.4) is 0 Å². The number of aromatic nitrogens is 2. The van der Waals surface area contributed by atoms with Crippen LogP contribution in [0.1, 0.15) is 67.6 Å². The van der Waals surface area contributed by atoms with E-state index in [1.807, 2.05) is 19.9 Å². The second-order valence-electron chi connectivity index (χ2n) is 13.0. The first kappa shape index (κ1) is 34.6. The highest BCUT2D eigenvalue weighted by atomic mass is 19.1. The van der Waals surface area contributed by atoms with Crippen LogP contribution < -0.4 is 20.7 Å². The average Bonchev–Trinajstić information content (AvgIpc) is 3.60. The number of likely N-dealkylation sites (tertiary alicyclic amines) is 1. The summed E-state index contributed by atoms with van der Waals surface area (Å²) in [6, 6.07) is 11.3. The molecule has 12 heteroatoms. The van der Waals surface area contributed by atoms with Crippen molar-refractivity contribution in [3.63, 3.8) is 0 Å². The molecule has 0 spiro atoms. The Morgan fingerprint density at radius 1 is 1.00 bits per heavy atom. The van der Waals surface area contributed by atoms with Crippen molar-refractivity contribution in [2.24, 2.45) is 11.8 Å². The molecule has 2 aliphatic rings. The first-order valence-electron chi connectivity index (χ1n) is 16.8. The summed E-state index contributed by atoms with van der Waals surface area (Å²) in [5, 5.41) is 8.73. The van der Waals surface area contributed by atoms with Crippen molar-refractivity contribution >= 4 is 23.6 Å². The van der Waals surface area contributed by atoms with E-state index < -0.39 is 29.9 Å². The molecule has 1 aromatic heterocycles. The zero-order valence-electron chi connectivity index (χ0n) is 27.5. The maximum absolute atomic E-state index is 14.1. The number of aryl methyl sites for hydroxylation is 1. The molecule has 2 aromatic carbocycles. The SMILES string of the molecule is CC(C)[C@@H]1COc2ccccc2C(=O)N[C@H](C(=O)N2CCC(CCc3ccccc3F)CC2)CCC(=O)N[C@@H](Cc2cnc[nH]2)C(=O)N1. The van der Waals surface area contributed by atoms with E-state index in [-0.39, 0.29) is 55.0 Å². The number of nitrogens with one attached hydrogen (secondary N) is 4. The van der Waals surface area contributed by atoms with Gasteiger partial charge in [-0.3, -0.25) is 19.2 Å². The largest absolute Gasteiger partial charge is 0.491 e. The molecule has 4 amide bonds. The summed E-state index contributed by atoms with van der Waals surface area (Å²) in [6.45, 7) is 4.99. The van der Waals surface area contributed by atoms with E-state index in [0.29, 0.717) is 42.4 Å². The topological polar surface area (TPSA) is 146 Å². The minimum absolute atomic E-state index is 0.0141. The monoisotopic (exact) mass is 660 g/mol. The normalized spacial score (nSPS) is 21.6. The first-order chi connectivity index (χ1) is 23.2. The van der Waals surface area contributed by atoms with Crippen molar-refractivity contribution in [1.29, 1.82) is 0 Å². The summed E-state index contributed by atoms with van der Waals surface area (Å²) < 4.78 is 20.2. The molecule has 2 aliphatic heterocycles. The lowest BCUT2D eigenvalue weighted by molar-refractivity contribution is -0.135. The lowest BCUT2D eigenvalue weighted by Gasteiger charge is -2.34. The van der Waals surface area contributed by atoms with Gasteiger partial charge in [0, 0.05) is 37.8 Å². The molecule has 1 saturated heterocycles. The number of carbonyl (C=O) groups is 4. The second-order valence-corrected chi connectivity index (χ2v) is 13.0. The highest BCUT2D eigenvalue weighted by Gasteiger charge is 2.32. The maximum Gasteiger partial charge on any atom is 0.255 e. The Bertz CT molecular complexity index is 1560. The average molecular weight is 661 g/mol. The minimum Gasteiger partial charge on any atom is -0.491 e. The number of halogens is 1. The lowest BCUT2D eigenvalue weighted by atomic mass is 9.90. The molecule has 0 unspecified atom stereocenters. The zero-order chi connectivity index (χ0) is 34.0. The van der Waals surface area contributed by atoms with Gasteiger partial charge in [0.05, 0.1) is 17.9 Å². The van der Waals surface area contributed by atoms with Crippen LogP contribution in [0.25, 0.3) is 0 Å². The van der Waals surface area contributed by atoms with E-state index in [1.165, 1.54) is 12.4 Å². The first-order valence-corrected chi connectivity index (χ1v) is 16.8. The summed E-state index contributed by atoms with van der Waals surface area (Å²) in [4.78, 5) is 63.1. The predicted octanol–water partition coefficient (Wildman–Crippen LogP) is 3.56. The third kappa shape index (κ3) is 9.20. The maximum atomic E-state index is 14.1. The number of piperidine rings is 1. The van der Waals surface area contributed by atoms with Crippen LogP contribution in [-0.4, -0.2) is 76.3 Å². The fourth-order valence-corrected chi connectivity index (χ4v) is 6.23. The lowest BCUT2D eigenvalue weighted by Crippen LogP contribution is -2.53. The van der Waals surface area contributed by atoms with Crippen molar-refractivity contribution in [3.05, 3.63) is 83.7 Å². The molecule has 3 heterocycles. The zero-order valence-corrected chi connectivity index (χ0v) is 27.5. The molecule has 0 radical (unpaired) electrons. The van der Waals surface area contributed by atoms with Crippen molar-refractivity contribution in [1.82, 2.24) is 30.8 Å². The summed E-state index contributed by atoms with van der Waals surface area (Å²) >= 11 is 0. The molecule has 4 N–H and O–H groups in total. The number of imidazole rings is 1. The third-order valence-corrected chi connectivity index (χ3v) is 9.28. The molecule has 48 heavy (non-hydrogen) atoms. The molecule has 3 atom stereocenters. The summed E-state index contributed by atoms with van der Waals surface area (Å²) in [5.74, 6) is -1.08. The number of ether oxygens (including phenoxy) is 1. The number of nitrogens with zero attached hydrogens (tertiary/aromatic N) is 2. The van der Waals surface area contributed by atoms with Gasteiger partial charge in [-0.05, 0) is 67.7 Å². The van der Waals surface area contributed by atoms with E-state index >= 15 is 0 Å². The number of rotatable bonds is 7. The Kier molecular flexibility index (Phi) is 11.8. The van der Waals surface area contributed by atoms with Crippen LogP contribution in [-0.2, 0) is 27.2 Å². The number of hydrogen-bond donors (Lipinski definition) is 4. The number of H-pyrrole nitrogens is 1. The van der Waals surface area contributed by atoms with E-state index in [2.05, 4.69) is 25.9 Å². The predicted molar refractivity (Wildman–Crippen MR) is 177 cm³/mol. The Hall–Kier alpha value is -4.74. The molecular formula is C36H45FN6O5. The van der Waals surface area contributed by atoms with Gasteiger partial charge in [-0.1, -0.05) is 44.2 Å². The highest BCUT2D eigenvalue weighted by molar-refractivity contribution is 6.00. The van der Waals surface area contributed by atoms with Crippen LogP contribution in [0, 0.1) is 17.7 Å². The standard InChI is InChI=1S/C36H45FN6O5/c1-23(2)31-21-48-32-10-6-4-8-27(32)34(45)41-29(13-14-33(44)40-30(35(46)42-31)19-26-20-38-22-39-26)36(47)43-17-15-24(16-18-43)11-12-25-7-3-5-9-28(25)37/h3-10,20,22-24,29-31H,11-19,21H2,1-2H3,(H,38,39)(H,40,44)(H,41,45)(H,42,46)/t29-,30-,31-/m0/s1. The van der Waals surface area contributed by atoms with E-state index in [1.54, 1.807) is 47.5 Å². The van der Waals surface area contributed by atoms with Gasteiger partial charge in [0.25, 0.3) is 5.91 Å². The molecule has 256 valence electrons. The summed E-state index contributed by atoms with van der Waals surface area (Å²) in [7, 11) is 0. The Balaban J connectivity index is 1.31. The van der Waals surface area contributed by atoms with Crippen LogP contribution in [0.15, 0.2) is 61.1 Å². The molecule has 11 nitrogen and oxygen atoms in total. The Labute approximate surface area is 280 Å².